The number of amides is 1. The number of rotatable bonds is 4. The molecule has 1 aromatic carbocycles. The Hall–Kier alpha value is -2.04. The SMILES string of the molecule is COc1ccc([C@@H]2CN(C(=O)C3CCCCC3)C[C@H]2C(=O)O)cc1. The summed E-state index contributed by atoms with van der Waals surface area (Å²) in [5.41, 5.74) is 0.960. The topological polar surface area (TPSA) is 66.8 Å². The van der Waals surface area contributed by atoms with Crippen molar-refractivity contribution >= 4 is 11.9 Å². The minimum absolute atomic E-state index is 0.0859. The Morgan fingerprint density at radius 2 is 1.75 bits per heavy atom. The Labute approximate surface area is 142 Å². The van der Waals surface area contributed by atoms with Crippen molar-refractivity contribution in [2.24, 2.45) is 11.8 Å². The van der Waals surface area contributed by atoms with Crippen molar-refractivity contribution in [3.8, 4) is 5.75 Å². The minimum atomic E-state index is -0.824. The Kier molecular flexibility index (Phi) is 5.07. The molecule has 1 aliphatic carbocycles. The van der Waals surface area contributed by atoms with Crippen LogP contribution in [0, 0.1) is 11.8 Å². The molecule has 1 heterocycles. The van der Waals surface area contributed by atoms with Gasteiger partial charge in [-0.2, -0.15) is 0 Å². The smallest absolute Gasteiger partial charge is 0.308 e. The lowest BCUT2D eigenvalue weighted by atomic mass is 9.88. The molecular weight excluding hydrogens is 306 g/mol. The van der Waals surface area contributed by atoms with Gasteiger partial charge in [-0.3, -0.25) is 9.59 Å². The van der Waals surface area contributed by atoms with Gasteiger partial charge in [0.1, 0.15) is 5.75 Å². The summed E-state index contributed by atoms with van der Waals surface area (Å²) >= 11 is 0. The van der Waals surface area contributed by atoms with Crippen molar-refractivity contribution < 1.29 is 19.4 Å². The van der Waals surface area contributed by atoms with Gasteiger partial charge >= 0.3 is 5.97 Å². The monoisotopic (exact) mass is 331 g/mol. The van der Waals surface area contributed by atoms with Crippen LogP contribution in [0.2, 0.25) is 0 Å². The lowest BCUT2D eigenvalue weighted by Crippen LogP contribution is -2.36. The highest BCUT2D eigenvalue weighted by atomic mass is 16.5. The Bertz CT molecular complexity index is 592. The quantitative estimate of drug-likeness (QED) is 0.921. The van der Waals surface area contributed by atoms with Crippen LogP contribution in [0.15, 0.2) is 24.3 Å². The molecule has 0 aromatic heterocycles. The van der Waals surface area contributed by atoms with Crippen molar-refractivity contribution in [3.05, 3.63) is 29.8 Å². The van der Waals surface area contributed by atoms with Gasteiger partial charge in [0.05, 0.1) is 13.0 Å². The molecule has 2 fully saturated rings. The summed E-state index contributed by atoms with van der Waals surface area (Å²) in [7, 11) is 1.61. The van der Waals surface area contributed by atoms with E-state index in [1.54, 1.807) is 12.0 Å². The lowest BCUT2D eigenvalue weighted by molar-refractivity contribution is -0.142. The molecule has 130 valence electrons. The molecule has 2 aliphatic rings. The molecule has 1 saturated carbocycles. The summed E-state index contributed by atoms with van der Waals surface area (Å²) in [5.74, 6) is -0.528. The van der Waals surface area contributed by atoms with Crippen molar-refractivity contribution in [1.29, 1.82) is 0 Å². The first-order chi connectivity index (χ1) is 11.6. The number of carboxylic acid groups (broad SMARTS) is 1. The number of benzene rings is 1. The molecule has 0 bridgehead atoms. The van der Waals surface area contributed by atoms with E-state index in [0.29, 0.717) is 13.1 Å². The largest absolute Gasteiger partial charge is 0.497 e. The Morgan fingerprint density at radius 1 is 1.08 bits per heavy atom. The second-order valence-corrected chi connectivity index (χ2v) is 6.90. The van der Waals surface area contributed by atoms with Crippen LogP contribution in [-0.4, -0.2) is 42.1 Å². The molecule has 1 amide bonds. The molecule has 3 rings (SSSR count). The molecule has 1 aromatic rings. The van der Waals surface area contributed by atoms with Gasteiger partial charge in [-0.25, -0.2) is 0 Å². The van der Waals surface area contributed by atoms with Gasteiger partial charge in [-0.15, -0.1) is 0 Å². The molecule has 5 heteroatoms. The standard InChI is InChI=1S/C19H25NO4/c1-24-15-9-7-13(8-10-15)16-11-20(12-17(16)19(22)23)18(21)14-5-3-2-4-6-14/h7-10,14,16-17H,2-6,11-12H2,1H3,(H,22,23)/t16-,17+/m0/s1. The number of nitrogens with zero attached hydrogens (tertiary/aromatic N) is 1. The zero-order valence-corrected chi connectivity index (χ0v) is 14.1. The number of carbonyl (C=O) groups excluding carboxylic acids is 1. The van der Waals surface area contributed by atoms with E-state index in [4.69, 9.17) is 4.74 Å². The van der Waals surface area contributed by atoms with Crippen LogP contribution in [-0.2, 0) is 9.59 Å². The number of carbonyl (C=O) groups is 2. The summed E-state index contributed by atoms with van der Waals surface area (Å²) < 4.78 is 5.16. The number of carboxylic acids is 1. The van der Waals surface area contributed by atoms with Crippen LogP contribution in [0.5, 0.6) is 5.75 Å². The molecule has 24 heavy (non-hydrogen) atoms. The molecule has 1 aliphatic heterocycles. The maximum Gasteiger partial charge on any atom is 0.308 e. The predicted octanol–water partition coefficient (Wildman–Crippen LogP) is 2.90. The molecule has 0 unspecified atom stereocenters. The molecule has 0 radical (unpaired) electrons. The van der Waals surface area contributed by atoms with E-state index in [1.807, 2.05) is 24.3 Å². The van der Waals surface area contributed by atoms with Crippen molar-refractivity contribution in [2.45, 2.75) is 38.0 Å². The number of methoxy groups -OCH3 is 1. The third-order valence-corrected chi connectivity index (χ3v) is 5.45. The van der Waals surface area contributed by atoms with Crippen LogP contribution >= 0.6 is 0 Å². The molecular formula is C19H25NO4. The molecule has 2 atom stereocenters. The predicted molar refractivity (Wildman–Crippen MR) is 90.0 cm³/mol. The third kappa shape index (κ3) is 3.40. The Morgan fingerprint density at radius 3 is 2.33 bits per heavy atom. The highest BCUT2D eigenvalue weighted by Crippen LogP contribution is 2.36. The van der Waals surface area contributed by atoms with Crippen LogP contribution in [0.25, 0.3) is 0 Å². The first kappa shape index (κ1) is 16.8. The van der Waals surface area contributed by atoms with E-state index in [9.17, 15) is 14.7 Å². The van der Waals surface area contributed by atoms with Gasteiger partial charge in [0.25, 0.3) is 0 Å². The van der Waals surface area contributed by atoms with E-state index in [2.05, 4.69) is 0 Å². The second-order valence-electron chi connectivity index (χ2n) is 6.90. The Balaban J connectivity index is 1.75. The number of hydrogen-bond acceptors (Lipinski definition) is 3. The molecule has 1 saturated heterocycles. The number of likely N-dealkylation sites (tertiary alicyclic amines) is 1. The first-order valence-corrected chi connectivity index (χ1v) is 8.75. The van der Waals surface area contributed by atoms with E-state index in [0.717, 1.165) is 37.0 Å². The zero-order valence-electron chi connectivity index (χ0n) is 14.1. The van der Waals surface area contributed by atoms with E-state index in [-0.39, 0.29) is 17.7 Å². The summed E-state index contributed by atoms with van der Waals surface area (Å²) in [6.07, 6.45) is 5.31. The number of hydrogen-bond donors (Lipinski definition) is 1. The minimum Gasteiger partial charge on any atom is -0.497 e. The van der Waals surface area contributed by atoms with E-state index < -0.39 is 11.9 Å². The fourth-order valence-electron chi connectivity index (χ4n) is 4.03. The fraction of sp³-hybridized carbons (Fsp3) is 0.579. The summed E-state index contributed by atoms with van der Waals surface area (Å²) in [6.45, 7) is 0.819. The summed E-state index contributed by atoms with van der Waals surface area (Å²) in [5, 5.41) is 9.59. The van der Waals surface area contributed by atoms with E-state index in [1.165, 1.54) is 6.42 Å². The third-order valence-electron chi connectivity index (χ3n) is 5.45. The maximum atomic E-state index is 12.8. The van der Waals surface area contributed by atoms with Gasteiger partial charge in [-0.05, 0) is 30.5 Å². The van der Waals surface area contributed by atoms with Crippen LogP contribution in [0.1, 0.15) is 43.6 Å². The highest BCUT2D eigenvalue weighted by molar-refractivity contribution is 5.81. The summed E-state index contributed by atoms with van der Waals surface area (Å²) in [6, 6.07) is 7.52. The van der Waals surface area contributed by atoms with Gasteiger partial charge in [0.2, 0.25) is 5.91 Å². The first-order valence-electron chi connectivity index (χ1n) is 8.75. The number of ether oxygens (including phenoxy) is 1. The second kappa shape index (κ2) is 7.24. The zero-order chi connectivity index (χ0) is 17.1. The van der Waals surface area contributed by atoms with Gasteiger partial charge in [0.15, 0.2) is 0 Å². The normalized spacial score (nSPS) is 24.8. The highest BCUT2D eigenvalue weighted by Gasteiger charge is 2.41. The van der Waals surface area contributed by atoms with Crippen LogP contribution < -0.4 is 4.74 Å². The molecule has 1 N–H and O–H groups in total. The lowest BCUT2D eigenvalue weighted by Gasteiger charge is -2.26. The van der Waals surface area contributed by atoms with Gasteiger partial charge in [-0.1, -0.05) is 31.4 Å². The van der Waals surface area contributed by atoms with Crippen LogP contribution in [0.3, 0.4) is 0 Å². The van der Waals surface area contributed by atoms with E-state index >= 15 is 0 Å². The van der Waals surface area contributed by atoms with Gasteiger partial charge in [0, 0.05) is 24.9 Å². The van der Waals surface area contributed by atoms with Crippen molar-refractivity contribution in [2.75, 3.05) is 20.2 Å². The average molecular weight is 331 g/mol. The molecule has 0 spiro atoms. The molecule has 5 nitrogen and oxygen atoms in total. The van der Waals surface area contributed by atoms with Gasteiger partial charge < -0.3 is 14.7 Å². The van der Waals surface area contributed by atoms with Crippen LogP contribution in [0.4, 0.5) is 0 Å². The fourth-order valence-corrected chi connectivity index (χ4v) is 4.03. The average Bonchev–Trinajstić information content (AvgIpc) is 3.07. The maximum absolute atomic E-state index is 12.8. The summed E-state index contributed by atoms with van der Waals surface area (Å²) in [4.78, 5) is 26.2. The van der Waals surface area contributed by atoms with Crippen molar-refractivity contribution in [1.82, 2.24) is 4.90 Å². The van der Waals surface area contributed by atoms with Crippen molar-refractivity contribution in [3.63, 3.8) is 0 Å². The number of aliphatic carboxylic acids is 1.